The normalized spacial score (nSPS) is 10.9. The minimum atomic E-state index is -0.286. The molecule has 6 heteroatoms. The van der Waals surface area contributed by atoms with Gasteiger partial charge in [0.05, 0.1) is 5.69 Å². The molecule has 6 nitrogen and oxygen atoms in total. The van der Waals surface area contributed by atoms with Crippen molar-refractivity contribution in [1.82, 2.24) is 19.8 Å². The number of tetrazole rings is 1. The molecule has 3 aromatic carbocycles. The molecule has 0 amide bonds. The molecule has 0 aliphatic carbocycles. The lowest BCUT2D eigenvalue weighted by Gasteiger charge is -2.15. The predicted octanol–water partition coefficient (Wildman–Crippen LogP) is 4.08. The van der Waals surface area contributed by atoms with Crippen molar-refractivity contribution in [2.24, 2.45) is 7.05 Å². The quantitative estimate of drug-likeness (QED) is 0.489. The Hall–Kier alpha value is -3.67. The van der Waals surface area contributed by atoms with E-state index in [1.807, 2.05) is 36.4 Å². The van der Waals surface area contributed by atoms with E-state index in [-0.39, 0.29) is 5.69 Å². The van der Waals surface area contributed by atoms with Gasteiger partial charge in [-0.25, -0.2) is 4.79 Å². The third-order valence-electron chi connectivity index (χ3n) is 5.18. The summed E-state index contributed by atoms with van der Waals surface area (Å²) in [6, 6.07) is 22.3. The van der Waals surface area contributed by atoms with Gasteiger partial charge in [0, 0.05) is 12.6 Å². The largest absolute Gasteiger partial charge is 0.489 e. The molecule has 4 aromatic rings. The molecular weight excluding hydrogens is 376 g/mol. The molecule has 0 unspecified atom stereocenters. The summed E-state index contributed by atoms with van der Waals surface area (Å²) in [4.78, 5) is 12.4. The molecule has 4 rings (SSSR count). The number of aryl methyl sites for hydroxylation is 3. The fourth-order valence-corrected chi connectivity index (χ4v) is 3.45. The predicted molar refractivity (Wildman–Crippen MR) is 117 cm³/mol. The number of ether oxygens (including phenoxy) is 1. The summed E-state index contributed by atoms with van der Waals surface area (Å²) in [6.07, 6.45) is 0.824. The minimum absolute atomic E-state index is 0.286. The van der Waals surface area contributed by atoms with Crippen LogP contribution in [-0.2, 0) is 20.1 Å². The summed E-state index contributed by atoms with van der Waals surface area (Å²) in [5, 5.41) is 7.83. The Morgan fingerprint density at radius 3 is 2.40 bits per heavy atom. The van der Waals surface area contributed by atoms with Gasteiger partial charge >= 0.3 is 5.69 Å². The maximum absolute atomic E-state index is 12.4. The van der Waals surface area contributed by atoms with Crippen molar-refractivity contribution in [2.75, 3.05) is 0 Å². The van der Waals surface area contributed by atoms with Crippen LogP contribution in [0.25, 0.3) is 16.8 Å². The first-order valence-corrected chi connectivity index (χ1v) is 9.97. The fraction of sp³-hybridized carbons (Fsp3) is 0.208. The molecule has 0 N–H and O–H groups in total. The first-order chi connectivity index (χ1) is 14.6. The number of hydrogen-bond acceptors (Lipinski definition) is 4. The third-order valence-corrected chi connectivity index (χ3v) is 5.18. The van der Waals surface area contributed by atoms with Gasteiger partial charge in [0.25, 0.3) is 0 Å². The van der Waals surface area contributed by atoms with E-state index in [0.29, 0.717) is 12.3 Å². The van der Waals surface area contributed by atoms with Gasteiger partial charge in [-0.2, -0.15) is 9.36 Å². The smallest absolute Gasteiger partial charge is 0.368 e. The minimum Gasteiger partial charge on any atom is -0.489 e. The van der Waals surface area contributed by atoms with Gasteiger partial charge in [0.2, 0.25) is 0 Å². The van der Waals surface area contributed by atoms with E-state index >= 15 is 0 Å². The molecule has 0 fully saturated rings. The topological polar surface area (TPSA) is 61.9 Å². The second-order valence-electron chi connectivity index (χ2n) is 7.25. The maximum Gasteiger partial charge on any atom is 0.368 e. The van der Waals surface area contributed by atoms with E-state index in [9.17, 15) is 4.79 Å². The lowest BCUT2D eigenvalue weighted by Crippen LogP contribution is -2.23. The van der Waals surface area contributed by atoms with E-state index in [2.05, 4.69) is 54.6 Å². The molecule has 0 saturated heterocycles. The van der Waals surface area contributed by atoms with Gasteiger partial charge in [-0.05, 0) is 58.7 Å². The van der Waals surface area contributed by atoms with Crippen LogP contribution in [0.2, 0.25) is 0 Å². The third kappa shape index (κ3) is 3.89. The van der Waals surface area contributed by atoms with Crippen LogP contribution < -0.4 is 10.4 Å². The highest BCUT2D eigenvalue weighted by Gasteiger charge is 2.14. The molecular formula is C24H24N4O2. The SMILES string of the molecule is CCc1cccc(-n2nnn(C)c2=O)c1COc1cccc(-c2ccc(C)cc2)c1. The highest BCUT2D eigenvalue weighted by atomic mass is 16.5. The van der Waals surface area contributed by atoms with Gasteiger partial charge in [-0.1, -0.05) is 61.0 Å². The molecule has 0 atom stereocenters. The average Bonchev–Trinajstić information content (AvgIpc) is 3.11. The van der Waals surface area contributed by atoms with Crippen molar-refractivity contribution in [3.8, 4) is 22.6 Å². The van der Waals surface area contributed by atoms with Gasteiger partial charge in [-0.15, -0.1) is 0 Å². The monoisotopic (exact) mass is 400 g/mol. The molecule has 30 heavy (non-hydrogen) atoms. The van der Waals surface area contributed by atoms with Crippen LogP contribution in [0.15, 0.2) is 71.5 Å². The van der Waals surface area contributed by atoms with Gasteiger partial charge in [-0.3, -0.25) is 0 Å². The van der Waals surface area contributed by atoms with Crippen LogP contribution in [0.1, 0.15) is 23.6 Å². The fourth-order valence-electron chi connectivity index (χ4n) is 3.45. The van der Waals surface area contributed by atoms with E-state index in [4.69, 9.17) is 4.74 Å². The van der Waals surface area contributed by atoms with Gasteiger partial charge in [0.1, 0.15) is 12.4 Å². The van der Waals surface area contributed by atoms with Gasteiger partial charge < -0.3 is 4.74 Å². The number of aromatic nitrogens is 4. The van der Waals surface area contributed by atoms with Crippen LogP contribution in [-0.4, -0.2) is 19.8 Å². The zero-order valence-electron chi connectivity index (χ0n) is 17.4. The first-order valence-electron chi connectivity index (χ1n) is 9.97. The van der Waals surface area contributed by atoms with Crippen LogP contribution in [0.5, 0.6) is 5.75 Å². The number of hydrogen-bond donors (Lipinski definition) is 0. The van der Waals surface area contributed by atoms with Crippen molar-refractivity contribution in [2.45, 2.75) is 26.9 Å². The molecule has 152 valence electrons. The second-order valence-corrected chi connectivity index (χ2v) is 7.25. The Morgan fingerprint density at radius 1 is 0.933 bits per heavy atom. The van der Waals surface area contributed by atoms with E-state index in [1.165, 1.54) is 14.9 Å². The van der Waals surface area contributed by atoms with Crippen molar-refractivity contribution in [3.05, 3.63) is 93.9 Å². The van der Waals surface area contributed by atoms with Crippen molar-refractivity contribution in [1.29, 1.82) is 0 Å². The first kappa shape index (κ1) is 19.6. The molecule has 1 aromatic heterocycles. The summed E-state index contributed by atoms with van der Waals surface area (Å²) >= 11 is 0. The van der Waals surface area contributed by atoms with E-state index in [0.717, 1.165) is 34.4 Å². The summed E-state index contributed by atoms with van der Waals surface area (Å²) in [7, 11) is 1.59. The van der Waals surface area contributed by atoms with Crippen molar-refractivity contribution in [3.63, 3.8) is 0 Å². The Kier molecular flexibility index (Phi) is 5.48. The molecule has 0 radical (unpaired) electrons. The zero-order chi connectivity index (χ0) is 21.1. The molecule has 0 aliphatic rings. The van der Waals surface area contributed by atoms with Crippen molar-refractivity contribution >= 4 is 0 Å². The van der Waals surface area contributed by atoms with Crippen LogP contribution in [0, 0.1) is 6.92 Å². The summed E-state index contributed by atoms with van der Waals surface area (Å²) in [5.74, 6) is 0.774. The lowest BCUT2D eigenvalue weighted by atomic mass is 10.0. The molecule has 0 spiro atoms. The second kappa shape index (κ2) is 8.37. The van der Waals surface area contributed by atoms with Crippen LogP contribution in [0.4, 0.5) is 0 Å². The zero-order valence-corrected chi connectivity index (χ0v) is 17.4. The Balaban J connectivity index is 1.64. The Bertz CT molecular complexity index is 1220. The number of benzene rings is 3. The molecule has 0 saturated carbocycles. The number of nitrogens with zero attached hydrogens (tertiary/aromatic N) is 4. The standard InChI is InChI=1S/C24H24N4O2/c1-4-18-7-6-10-23(28-24(29)27(3)25-26-28)22(18)16-30-21-9-5-8-20(15-21)19-13-11-17(2)12-14-19/h5-15H,4,16H2,1-3H3. The maximum atomic E-state index is 12.4. The summed E-state index contributed by atoms with van der Waals surface area (Å²) in [5.41, 5.74) is 5.93. The van der Waals surface area contributed by atoms with Crippen molar-refractivity contribution < 1.29 is 4.74 Å². The summed E-state index contributed by atoms with van der Waals surface area (Å²) in [6.45, 7) is 4.49. The van der Waals surface area contributed by atoms with E-state index < -0.39 is 0 Å². The number of rotatable bonds is 6. The highest BCUT2D eigenvalue weighted by Crippen LogP contribution is 2.26. The molecule has 1 heterocycles. The summed E-state index contributed by atoms with van der Waals surface area (Å²) < 4.78 is 8.70. The average molecular weight is 400 g/mol. The van der Waals surface area contributed by atoms with E-state index in [1.54, 1.807) is 7.05 Å². The Morgan fingerprint density at radius 2 is 1.70 bits per heavy atom. The Labute approximate surface area is 175 Å². The lowest BCUT2D eigenvalue weighted by molar-refractivity contribution is 0.304. The molecule has 0 aliphatic heterocycles. The van der Waals surface area contributed by atoms with Gasteiger partial charge in [0.15, 0.2) is 0 Å². The van der Waals surface area contributed by atoms with Crippen LogP contribution >= 0.6 is 0 Å². The molecule has 0 bridgehead atoms. The van der Waals surface area contributed by atoms with Crippen LogP contribution in [0.3, 0.4) is 0 Å². The highest BCUT2D eigenvalue weighted by molar-refractivity contribution is 5.65.